The summed E-state index contributed by atoms with van der Waals surface area (Å²) in [5.74, 6) is -0.272. The molecule has 2 rings (SSSR count). The van der Waals surface area contributed by atoms with Gasteiger partial charge >= 0.3 is 0 Å². The van der Waals surface area contributed by atoms with Crippen LogP contribution in [0.1, 0.15) is 36.0 Å². The number of carbonyl (C=O) groups is 2. The van der Waals surface area contributed by atoms with Crippen molar-refractivity contribution in [2.75, 3.05) is 31.5 Å². The number of piperidine rings is 1. The highest BCUT2D eigenvalue weighted by Crippen LogP contribution is 2.21. The van der Waals surface area contributed by atoms with Gasteiger partial charge in [-0.25, -0.2) is 0 Å². The lowest BCUT2D eigenvalue weighted by atomic mass is 10.1. The molecule has 1 fully saturated rings. The van der Waals surface area contributed by atoms with Crippen molar-refractivity contribution in [2.45, 2.75) is 40.0 Å². The number of hydrogen-bond acceptors (Lipinski definition) is 3. The molecule has 1 aromatic rings. The molecule has 2 N–H and O–H groups in total. The van der Waals surface area contributed by atoms with Gasteiger partial charge in [0.15, 0.2) is 0 Å². The first-order chi connectivity index (χ1) is 11.0. The molecule has 126 valence electrons. The van der Waals surface area contributed by atoms with E-state index < -0.39 is 0 Å². The molecule has 5 heteroatoms. The van der Waals surface area contributed by atoms with Crippen molar-refractivity contribution in [3.05, 3.63) is 28.8 Å². The zero-order valence-electron chi connectivity index (χ0n) is 14.4. The van der Waals surface area contributed by atoms with E-state index in [9.17, 15) is 9.59 Å². The molecule has 0 atom stereocenters. The summed E-state index contributed by atoms with van der Waals surface area (Å²) in [4.78, 5) is 26.1. The zero-order chi connectivity index (χ0) is 16.8. The second kappa shape index (κ2) is 8.11. The van der Waals surface area contributed by atoms with Crippen LogP contribution in [-0.4, -0.2) is 42.9 Å². The van der Waals surface area contributed by atoms with E-state index in [2.05, 4.69) is 15.5 Å². The average molecular weight is 317 g/mol. The lowest BCUT2D eigenvalue weighted by Gasteiger charge is -2.25. The van der Waals surface area contributed by atoms with Gasteiger partial charge in [-0.05, 0) is 57.8 Å². The van der Waals surface area contributed by atoms with Crippen LogP contribution < -0.4 is 10.6 Å². The largest absolute Gasteiger partial charge is 0.346 e. The summed E-state index contributed by atoms with van der Waals surface area (Å²) < 4.78 is 0. The molecule has 0 bridgehead atoms. The van der Waals surface area contributed by atoms with Crippen molar-refractivity contribution in [1.29, 1.82) is 0 Å². The van der Waals surface area contributed by atoms with Gasteiger partial charge in [-0.15, -0.1) is 0 Å². The van der Waals surface area contributed by atoms with Crippen LogP contribution in [0.5, 0.6) is 0 Å². The molecule has 0 aromatic heterocycles. The van der Waals surface area contributed by atoms with E-state index in [0.29, 0.717) is 6.54 Å². The molecule has 0 aliphatic carbocycles. The molecule has 1 aliphatic heterocycles. The van der Waals surface area contributed by atoms with Crippen LogP contribution >= 0.6 is 0 Å². The quantitative estimate of drug-likeness (QED) is 0.875. The lowest BCUT2D eigenvalue weighted by Crippen LogP contribution is -2.42. The fourth-order valence-electron chi connectivity index (χ4n) is 3.12. The van der Waals surface area contributed by atoms with Crippen LogP contribution in [0, 0.1) is 20.8 Å². The number of benzene rings is 1. The Kier molecular flexibility index (Phi) is 6.16. The van der Waals surface area contributed by atoms with E-state index in [-0.39, 0.29) is 18.4 Å². The predicted octanol–water partition coefficient (Wildman–Crippen LogP) is 2.15. The molecule has 1 saturated heterocycles. The Labute approximate surface area is 138 Å². The second-order valence-corrected chi connectivity index (χ2v) is 6.44. The van der Waals surface area contributed by atoms with Crippen molar-refractivity contribution in [3.8, 4) is 0 Å². The Morgan fingerprint density at radius 1 is 1.00 bits per heavy atom. The summed E-state index contributed by atoms with van der Waals surface area (Å²) in [6, 6.07) is 4.08. The molecule has 0 unspecified atom stereocenters. The van der Waals surface area contributed by atoms with Crippen LogP contribution in [0.2, 0.25) is 0 Å². The minimum absolute atomic E-state index is 0.0133. The fraction of sp³-hybridized carbons (Fsp3) is 0.556. The maximum atomic E-state index is 12.1. The fourth-order valence-corrected chi connectivity index (χ4v) is 3.12. The maximum Gasteiger partial charge on any atom is 0.243 e. The molecular formula is C18H27N3O2. The Hall–Kier alpha value is -1.88. The van der Waals surface area contributed by atoms with Gasteiger partial charge in [0, 0.05) is 5.69 Å². The monoisotopic (exact) mass is 317 g/mol. The van der Waals surface area contributed by atoms with Crippen LogP contribution in [0.25, 0.3) is 0 Å². The van der Waals surface area contributed by atoms with Crippen molar-refractivity contribution in [2.24, 2.45) is 0 Å². The standard InChI is InChI=1S/C18H27N3O2/c1-13-9-14(2)18(15(3)10-13)20-16(22)11-19-17(23)12-21-7-5-4-6-8-21/h9-10H,4-8,11-12H2,1-3H3,(H,19,23)(H,20,22). The zero-order valence-corrected chi connectivity index (χ0v) is 14.4. The van der Waals surface area contributed by atoms with E-state index in [1.54, 1.807) is 0 Å². The number of likely N-dealkylation sites (tertiary alicyclic amines) is 1. The van der Waals surface area contributed by atoms with E-state index >= 15 is 0 Å². The van der Waals surface area contributed by atoms with Crippen LogP contribution in [0.4, 0.5) is 5.69 Å². The summed E-state index contributed by atoms with van der Waals surface area (Å²) in [6.45, 7) is 8.33. The van der Waals surface area contributed by atoms with E-state index in [4.69, 9.17) is 0 Å². The maximum absolute atomic E-state index is 12.1. The number of nitrogens with zero attached hydrogens (tertiary/aromatic N) is 1. The Morgan fingerprint density at radius 2 is 1.61 bits per heavy atom. The van der Waals surface area contributed by atoms with E-state index in [0.717, 1.165) is 42.7 Å². The number of rotatable bonds is 5. The first-order valence-electron chi connectivity index (χ1n) is 8.32. The minimum atomic E-state index is -0.188. The van der Waals surface area contributed by atoms with Gasteiger partial charge in [0.2, 0.25) is 11.8 Å². The summed E-state index contributed by atoms with van der Waals surface area (Å²) in [5.41, 5.74) is 4.09. The first kappa shape index (κ1) is 17.5. The van der Waals surface area contributed by atoms with Gasteiger partial charge in [0.05, 0.1) is 13.1 Å². The SMILES string of the molecule is Cc1cc(C)c(NC(=O)CNC(=O)CN2CCCCC2)c(C)c1. The molecule has 5 nitrogen and oxygen atoms in total. The molecule has 1 aromatic carbocycles. The molecule has 23 heavy (non-hydrogen) atoms. The molecule has 0 radical (unpaired) electrons. The van der Waals surface area contributed by atoms with Crippen molar-refractivity contribution >= 4 is 17.5 Å². The number of hydrogen-bond donors (Lipinski definition) is 2. The molecular weight excluding hydrogens is 290 g/mol. The Balaban J connectivity index is 1.80. The number of aryl methyl sites for hydroxylation is 3. The van der Waals surface area contributed by atoms with Gasteiger partial charge in [-0.3, -0.25) is 14.5 Å². The number of nitrogens with one attached hydrogen (secondary N) is 2. The highest BCUT2D eigenvalue weighted by atomic mass is 16.2. The summed E-state index contributed by atoms with van der Waals surface area (Å²) >= 11 is 0. The molecule has 1 aliphatic rings. The molecule has 0 saturated carbocycles. The Morgan fingerprint density at radius 3 is 2.22 bits per heavy atom. The topological polar surface area (TPSA) is 61.4 Å². The van der Waals surface area contributed by atoms with Crippen LogP contribution in [-0.2, 0) is 9.59 Å². The summed E-state index contributed by atoms with van der Waals surface area (Å²) in [7, 11) is 0. The predicted molar refractivity (Wildman–Crippen MR) is 92.6 cm³/mol. The van der Waals surface area contributed by atoms with Crippen molar-refractivity contribution < 1.29 is 9.59 Å². The first-order valence-corrected chi connectivity index (χ1v) is 8.32. The normalized spacial score (nSPS) is 15.3. The number of amides is 2. The molecule has 0 spiro atoms. The molecule has 2 amide bonds. The van der Waals surface area contributed by atoms with Gasteiger partial charge in [-0.2, -0.15) is 0 Å². The third-order valence-electron chi connectivity index (χ3n) is 4.20. The smallest absolute Gasteiger partial charge is 0.243 e. The average Bonchev–Trinajstić information content (AvgIpc) is 2.50. The minimum Gasteiger partial charge on any atom is -0.346 e. The van der Waals surface area contributed by atoms with Gasteiger partial charge in [-0.1, -0.05) is 24.1 Å². The molecule has 1 heterocycles. The summed E-state index contributed by atoms with van der Waals surface area (Å²) in [5, 5.41) is 5.61. The van der Waals surface area contributed by atoms with E-state index in [1.165, 1.54) is 12.0 Å². The number of carbonyl (C=O) groups excluding carboxylic acids is 2. The van der Waals surface area contributed by atoms with Crippen LogP contribution in [0.3, 0.4) is 0 Å². The highest BCUT2D eigenvalue weighted by molar-refractivity contribution is 5.96. The van der Waals surface area contributed by atoms with Crippen LogP contribution in [0.15, 0.2) is 12.1 Å². The second-order valence-electron chi connectivity index (χ2n) is 6.44. The Bertz CT molecular complexity index is 555. The third kappa shape index (κ3) is 5.36. The van der Waals surface area contributed by atoms with Gasteiger partial charge in [0.25, 0.3) is 0 Å². The lowest BCUT2D eigenvalue weighted by molar-refractivity contribution is -0.125. The third-order valence-corrected chi connectivity index (χ3v) is 4.20. The van der Waals surface area contributed by atoms with E-state index in [1.807, 2.05) is 32.9 Å². The van der Waals surface area contributed by atoms with Crippen molar-refractivity contribution in [3.63, 3.8) is 0 Å². The summed E-state index contributed by atoms with van der Waals surface area (Å²) in [6.07, 6.45) is 3.55. The van der Waals surface area contributed by atoms with Crippen molar-refractivity contribution in [1.82, 2.24) is 10.2 Å². The number of anilines is 1. The highest BCUT2D eigenvalue weighted by Gasteiger charge is 2.15. The van der Waals surface area contributed by atoms with Gasteiger partial charge in [0.1, 0.15) is 0 Å². The van der Waals surface area contributed by atoms with Gasteiger partial charge < -0.3 is 10.6 Å².